The number of para-hydroxylation sites is 1. The number of amides is 2. The molecule has 0 radical (unpaired) electrons. The van der Waals surface area contributed by atoms with Gasteiger partial charge in [-0.05, 0) is 37.8 Å². The summed E-state index contributed by atoms with van der Waals surface area (Å²) in [5.74, 6) is -0.239. The third-order valence-corrected chi connectivity index (χ3v) is 5.29. The third-order valence-electron chi connectivity index (χ3n) is 5.29. The number of quaternary nitrogens is 1. The fourth-order valence-corrected chi connectivity index (χ4v) is 3.59. The van der Waals surface area contributed by atoms with Gasteiger partial charge in [-0.1, -0.05) is 31.9 Å². The van der Waals surface area contributed by atoms with Crippen molar-refractivity contribution in [1.29, 1.82) is 0 Å². The lowest BCUT2D eigenvalue weighted by Crippen LogP contribution is -3.14. The Morgan fingerprint density at radius 1 is 1.11 bits per heavy atom. The van der Waals surface area contributed by atoms with Gasteiger partial charge in [-0.15, -0.1) is 0 Å². The van der Waals surface area contributed by atoms with Crippen molar-refractivity contribution in [2.45, 2.75) is 51.7 Å². The summed E-state index contributed by atoms with van der Waals surface area (Å²) >= 11 is 0. The van der Waals surface area contributed by atoms with Crippen molar-refractivity contribution in [2.75, 3.05) is 25.0 Å². The van der Waals surface area contributed by atoms with E-state index in [2.05, 4.69) is 17.6 Å². The minimum atomic E-state index is -4.54. The Labute approximate surface area is 163 Å². The zero-order valence-electron chi connectivity index (χ0n) is 16.4. The van der Waals surface area contributed by atoms with Crippen molar-refractivity contribution in [3.8, 4) is 0 Å². The Kier molecular flexibility index (Phi) is 7.86. The van der Waals surface area contributed by atoms with Crippen LogP contribution in [0, 0.1) is 5.92 Å². The second-order valence-corrected chi connectivity index (χ2v) is 7.48. The quantitative estimate of drug-likeness (QED) is 0.657. The van der Waals surface area contributed by atoms with Gasteiger partial charge in [0.2, 0.25) is 0 Å². The molecular weight excluding hydrogens is 371 g/mol. The molecule has 1 aliphatic rings. The second-order valence-electron chi connectivity index (χ2n) is 7.48. The van der Waals surface area contributed by atoms with E-state index in [9.17, 15) is 22.8 Å². The molecule has 1 aromatic carbocycles. The van der Waals surface area contributed by atoms with E-state index in [0.29, 0.717) is 17.4 Å². The molecule has 0 aromatic heterocycles. The summed E-state index contributed by atoms with van der Waals surface area (Å²) in [6.45, 7) is 4.52. The van der Waals surface area contributed by atoms with Crippen LogP contribution >= 0.6 is 0 Å². The van der Waals surface area contributed by atoms with Crippen LogP contribution in [0.5, 0.6) is 0 Å². The maximum absolute atomic E-state index is 13.0. The molecule has 156 valence electrons. The number of alkyl halides is 3. The molecule has 1 fully saturated rings. The lowest BCUT2D eigenvalue weighted by atomic mass is 9.86. The predicted octanol–water partition coefficient (Wildman–Crippen LogP) is 2.24. The number of halogens is 3. The number of hydrogen-bond acceptors (Lipinski definition) is 2. The van der Waals surface area contributed by atoms with Gasteiger partial charge in [-0.2, -0.15) is 13.2 Å². The van der Waals surface area contributed by atoms with Crippen LogP contribution in [0.4, 0.5) is 18.9 Å². The average Bonchev–Trinajstić information content (AvgIpc) is 2.62. The van der Waals surface area contributed by atoms with E-state index in [1.807, 2.05) is 6.92 Å². The number of carbonyl (C=O) groups excluding carboxylic acids is 2. The summed E-state index contributed by atoms with van der Waals surface area (Å²) in [6.07, 6.45) is -0.211. The second kappa shape index (κ2) is 9.91. The normalized spacial score (nSPS) is 21.0. The van der Waals surface area contributed by atoms with E-state index >= 15 is 0 Å². The molecule has 1 aromatic rings. The molecule has 1 saturated carbocycles. The van der Waals surface area contributed by atoms with Crippen molar-refractivity contribution in [2.24, 2.45) is 5.92 Å². The first kappa shape index (κ1) is 22.2. The highest BCUT2D eigenvalue weighted by Gasteiger charge is 2.34. The van der Waals surface area contributed by atoms with Crippen molar-refractivity contribution in [3.63, 3.8) is 0 Å². The predicted molar refractivity (Wildman–Crippen MR) is 101 cm³/mol. The SMILES string of the molecule is CC[NH+](CC(=O)Nc1ccccc1C(F)(F)F)CC(=O)N[C@H]1CCCC[C@@H]1C. The summed E-state index contributed by atoms with van der Waals surface area (Å²) in [4.78, 5) is 25.3. The minimum Gasteiger partial charge on any atom is -0.348 e. The van der Waals surface area contributed by atoms with Crippen molar-refractivity contribution in [1.82, 2.24) is 5.32 Å². The first-order valence-electron chi connectivity index (χ1n) is 9.79. The summed E-state index contributed by atoms with van der Waals surface area (Å²) in [6, 6.07) is 5.03. The molecule has 0 aliphatic heterocycles. The lowest BCUT2D eigenvalue weighted by molar-refractivity contribution is -0.881. The van der Waals surface area contributed by atoms with Crippen LogP contribution in [-0.2, 0) is 15.8 Å². The number of hydrogen-bond donors (Lipinski definition) is 3. The highest BCUT2D eigenvalue weighted by Crippen LogP contribution is 2.34. The maximum atomic E-state index is 13.0. The minimum absolute atomic E-state index is 0.0731. The molecular formula is C20H29F3N3O2+. The van der Waals surface area contributed by atoms with Crippen molar-refractivity contribution < 1.29 is 27.7 Å². The monoisotopic (exact) mass is 400 g/mol. The van der Waals surface area contributed by atoms with Gasteiger partial charge >= 0.3 is 6.18 Å². The van der Waals surface area contributed by atoms with Crippen LogP contribution in [0.2, 0.25) is 0 Å². The smallest absolute Gasteiger partial charge is 0.348 e. The summed E-state index contributed by atoms with van der Waals surface area (Å²) in [5.41, 5.74) is -1.15. The number of carbonyl (C=O) groups is 2. The van der Waals surface area contributed by atoms with Gasteiger partial charge in [-0.25, -0.2) is 0 Å². The Morgan fingerprint density at radius 3 is 2.39 bits per heavy atom. The molecule has 0 bridgehead atoms. The van der Waals surface area contributed by atoms with E-state index < -0.39 is 17.6 Å². The molecule has 0 spiro atoms. The fourth-order valence-electron chi connectivity index (χ4n) is 3.59. The van der Waals surface area contributed by atoms with Crippen LogP contribution in [0.3, 0.4) is 0 Å². The van der Waals surface area contributed by atoms with Gasteiger partial charge in [0.1, 0.15) is 0 Å². The van der Waals surface area contributed by atoms with Gasteiger partial charge in [0, 0.05) is 6.04 Å². The number of benzene rings is 1. The van der Waals surface area contributed by atoms with Crippen molar-refractivity contribution in [3.05, 3.63) is 29.8 Å². The molecule has 2 rings (SSSR count). The largest absolute Gasteiger partial charge is 0.418 e. The zero-order chi connectivity index (χ0) is 20.7. The number of rotatable bonds is 7. The van der Waals surface area contributed by atoms with Crippen LogP contribution in [-0.4, -0.2) is 37.5 Å². The van der Waals surface area contributed by atoms with Crippen molar-refractivity contribution >= 4 is 17.5 Å². The van der Waals surface area contributed by atoms with E-state index in [1.165, 1.54) is 24.6 Å². The Hall–Kier alpha value is -2.09. The zero-order valence-corrected chi connectivity index (χ0v) is 16.4. The van der Waals surface area contributed by atoms with Gasteiger partial charge in [0.05, 0.1) is 17.8 Å². The Balaban J connectivity index is 1.90. The maximum Gasteiger partial charge on any atom is 0.418 e. The van der Waals surface area contributed by atoms with E-state index in [0.717, 1.165) is 25.3 Å². The molecule has 1 aliphatic carbocycles. The molecule has 8 heteroatoms. The molecule has 3 atom stereocenters. The number of nitrogens with one attached hydrogen (secondary N) is 3. The molecule has 28 heavy (non-hydrogen) atoms. The van der Waals surface area contributed by atoms with Crippen LogP contribution in [0.15, 0.2) is 24.3 Å². The summed E-state index contributed by atoms with van der Waals surface area (Å²) in [7, 11) is 0. The summed E-state index contributed by atoms with van der Waals surface area (Å²) in [5, 5.41) is 5.38. The van der Waals surface area contributed by atoms with E-state index in [-0.39, 0.29) is 30.7 Å². The fraction of sp³-hybridized carbons (Fsp3) is 0.600. The highest BCUT2D eigenvalue weighted by molar-refractivity contribution is 5.92. The van der Waals surface area contributed by atoms with Crippen LogP contribution < -0.4 is 15.5 Å². The first-order chi connectivity index (χ1) is 13.2. The molecule has 2 amide bonds. The molecule has 3 N–H and O–H groups in total. The molecule has 0 saturated heterocycles. The average molecular weight is 400 g/mol. The first-order valence-corrected chi connectivity index (χ1v) is 9.79. The Bertz CT molecular complexity index is 679. The molecule has 5 nitrogen and oxygen atoms in total. The summed E-state index contributed by atoms with van der Waals surface area (Å²) < 4.78 is 39.1. The van der Waals surface area contributed by atoms with Gasteiger partial charge in [-0.3, -0.25) is 9.59 Å². The standard InChI is InChI=1S/C20H28F3N3O2/c1-3-26(12-18(27)24-16-10-6-4-8-14(16)2)13-19(28)25-17-11-7-5-9-15(17)20(21,22)23/h5,7,9,11,14,16H,3-4,6,8,10,12-13H2,1-2H3,(H,24,27)(H,25,28)/p+1/t14-,16-/m0/s1. The Morgan fingerprint density at radius 2 is 1.75 bits per heavy atom. The number of likely N-dealkylation sites (N-methyl/N-ethyl adjacent to an activating group) is 1. The topological polar surface area (TPSA) is 62.6 Å². The molecule has 1 unspecified atom stereocenters. The van der Waals surface area contributed by atoms with E-state index in [4.69, 9.17) is 0 Å². The van der Waals surface area contributed by atoms with Gasteiger partial charge < -0.3 is 15.5 Å². The third kappa shape index (κ3) is 6.51. The van der Waals surface area contributed by atoms with E-state index in [1.54, 1.807) is 0 Å². The van der Waals surface area contributed by atoms with Crippen LogP contribution in [0.25, 0.3) is 0 Å². The van der Waals surface area contributed by atoms with Crippen LogP contribution in [0.1, 0.15) is 45.1 Å². The lowest BCUT2D eigenvalue weighted by Gasteiger charge is -2.29. The number of anilines is 1. The highest BCUT2D eigenvalue weighted by atomic mass is 19.4. The van der Waals surface area contributed by atoms with Gasteiger partial charge in [0.25, 0.3) is 11.8 Å². The van der Waals surface area contributed by atoms with Gasteiger partial charge in [0.15, 0.2) is 13.1 Å². The molecule has 0 heterocycles.